The Hall–Kier alpha value is -1.55. The zero-order valence-corrected chi connectivity index (χ0v) is 11.4. The number of hydrogen-bond acceptors (Lipinski definition) is 3. The summed E-state index contributed by atoms with van der Waals surface area (Å²) in [6, 6.07) is 5.32. The van der Waals surface area contributed by atoms with Gasteiger partial charge in [0.1, 0.15) is 0 Å². The summed E-state index contributed by atoms with van der Waals surface area (Å²) in [5.74, 6) is 0.00375. The number of nitrogens with two attached hydrogens (primary N) is 1. The predicted octanol–water partition coefficient (Wildman–Crippen LogP) is 1.95. The third kappa shape index (κ3) is 3.07. The highest BCUT2D eigenvalue weighted by Gasteiger charge is 2.25. The van der Waals surface area contributed by atoms with Gasteiger partial charge in [0.05, 0.1) is 12.6 Å². The average Bonchev–Trinajstić information content (AvgIpc) is 2.66. The Morgan fingerprint density at radius 2 is 2.21 bits per heavy atom. The van der Waals surface area contributed by atoms with Gasteiger partial charge in [-0.3, -0.25) is 4.79 Å². The lowest BCUT2D eigenvalue weighted by Gasteiger charge is -2.28. The smallest absolute Gasteiger partial charge is 0.254 e. The molecule has 0 aliphatic carbocycles. The maximum atomic E-state index is 12.6. The summed E-state index contributed by atoms with van der Waals surface area (Å²) in [4.78, 5) is 14.4. The molecule has 4 nitrogen and oxygen atoms in total. The number of anilines is 1. The molecule has 0 saturated carbocycles. The molecule has 2 rings (SSSR count). The van der Waals surface area contributed by atoms with Crippen LogP contribution in [-0.4, -0.2) is 35.1 Å². The zero-order valence-electron chi connectivity index (χ0n) is 11.4. The number of carbonyl (C=O) groups excluding carboxylic acids is 1. The van der Waals surface area contributed by atoms with Gasteiger partial charge >= 0.3 is 0 Å². The molecule has 1 fully saturated rings. The van der Waals surface area contributed by atoms with E-state index in [1.54, 1.807) is 12.1 Å². The van der Waals surface area contributed by atoms with Gasteiger partial charge in [-0.05, 0) is 43.5 Å². The number of rotatable bonds is 2. The molecule has 1 atom stereocenters. The summed E-state index contributed by atoms with van der Waals surface area (Å²) >= 11 is 0. The van der Waals surface area contributed by atoms with E-state index in [4.69, 9.17) is 5.73 Å². The SMILES string of the molecule is Cc1cc(C(=O)N2CCCCCC2CO)ccc1N. The lowest BCUT2D eigenvalue weighted by Crippen LogP contribution is -2.42. The summed E-state index contributed by atoms with van der Waals surface area (Å²) in [7, 11) is 0. The number of nitrogen functional groups attached to an aromatic ring is 1. The van der Waals surface area contributed by atoms with Gasteiger partial charge in [0.15, 0.2) is 0 Å². The van der Waals surface area contributed by atoms with Crippen molar-refractivity contribution in [1.82, 2.24) is 4.90 Å². The summed E-state index contributed by atoms with van der Waals surface area (Å²) in [6.07, 6.45) is 4.10. The molecular weight excluding hydrogens is 240 g/mol. The van der Waals surface area contributed by atoms with E-state index in [2.05, 4.69) is 0 Å². The molecule has 0 radical (unpaired) electrons. The minimum absolute atomic E-state index is 0.00375. The molecule has 1 aliphatic heterocycles. The van der Waals surface area contributed by atoms with Crippen LogP contribution in [0.3, 0.4) is 0 Å². The number of nitrogens with zero attached hydrogens (tertiary/aromatic N) is 1. The highest BCUT2D eigenvalue weighted by atomic mass is 16.3. The minimum Gasteiger partial charge on any atom is -0.399 e. The first-order chi connectivity index (χ1) is 9.13. The van der Waals surface area contributed by atoms with Gasteiger partial charge in [0.2, 0.25) is 0 Å². The van der Waals surface area contributed by atoms with Crippen molar-refractivity contribution in [3.05, 3.63) is 29.3 Å². The molecule has 1 amide bonds. The first-order valence-corrected chi connectivity index (χ1v) is 6.91. The van der Waals surface area contributed by atoms with Crippen LogP contribution in [0.25, 0.3) is 0 Å². The minimum atomic E-state index is -0.0483. The molecule has 104 valence electrons. The van der Waals surface area contributed by atoms with E-state index in [0.717, 1.165) is 37.8 Å². The van der Waals surface area contributed by atoms with Crippen LogP contribution in [0.15, 0.2) is 18.2 Å². The molecule has 0 aromatic heterocycles. The number of benzene rings is 1. The summed E-state index contributed by atoms with van der Waals surface area (Å²) in [5, 5.41) is 9.47. The highest BCUT2D eigenvalue weighted by Crippen LogP contribution is 2.21. The second-order valence-electron chi connectivity index (χ2n) is 5.26. The van der Waals surface area contributed by atoms with Crippen molar-refractivity contribution in [3.63, 3.8) is 0 Å². The van der Waals surface area contributed by atoms with Crippen LogP contribution in [0.1, 0.15) is 41.6 Å². The third-order valence-electron chi connectivity index (χ3n) is 3.87. The maximum Gasteiger partial charge on any atom is 0.254 e. The number of aryl methyl sites for hydroxylation is 1. The van der Waals surface area contributed by atoms with Crippen LogP contribution >= 0.6 is 0 Å². The average molecular weight is 262 g/mol. The quantitative estimate of drug-likeness (QED) is 0.801. The molecule has 4 heteroatoms. The number of aliphatic hydroxyl groups is 1. The van der Waals surface area contributed by atoms with Crippen LogP contribution in [0.5, 0.6) is 0 Å². The van der Waals surface area contributed by atoms with Gasteiger partial charge in [-0.15, -0.1) is 0 Å². The van der Waals surface area contributed by atoms with E-state index < -0.39 is 0 Å². The highest BCUT2D eigenvalue weighted by molar-refractivity contribution is 5.95. The van der Waals surface area contributed by atoms with Gasteiger partial charge in [-0.2, -0.15) is 0 Å². The van der Waals surface area contributed by atoms with Crippen LogP contribution in [0, 0.1) is 6.92 Å². The number of likely N-dealkylation sites (tertiary alicyclic amines) is 1. The predicted molar refractivity (Wildman–Crippen MR) is 76.0 cm³/mol. The molecule has 1 aromatic rings. The van der Waals surface area contributed by atoms with E-state index >= 15 is 0 Å². The van der Waals surface area contributed by atoms with Crippen molar-refractivity contribution in [2.24, 2.45) is 0 Å². The molecule has 1 aliphatic rings. The lowest BCUT2D eigenvalue weighted by atomic mass is 10.1. The number of amides is 1. The van der Waals surface area contributed by atoms with E-state index in [1.807, 2.05) is 17.9 Å². The Balaban J connectivity index is 2.22. The molecule has 1 saturated heterocycles. The molecule has 1 heterocycles. The first kappa shape index (κ1) is 13.9. The Morgan fingerprint density at radius 1 is 1.42 bits per heavy atom. The second-order valence-corrected chi connectivity index (χ2v) is 5.26. The monoisotopic (exact) mass is 262 g/mol. The van der Waals surface area contributed by atoms with Crippen molar-refractivity contribution < 1.29 is 9.90 Å². The van der Waals surface area contributed by atoms with E-state index in [9.17, 15) is 9.90 Å². The number of aliphatic hydroxyl groups excluding tert-OH is 1. The standard InChI is InChI=1S/C15H22N2O2/c1-11-9-12(6-7-14(11)16)15(19)17-8-4-2-3-5-13(17)10-18/h6-7,9,13,18H,2-5,8,10,16H2,1H3. The van der Waals surface area contributed by atoms with E-state index in [0.29, 0.717) is 11.3 Å². The normalized spacial score (nSPS) is 20.1. The molecule has 1 aromatic carbocycles. The number of hydrogen-bond donors (Lipinski definition) is 2. The second kappa shape index (κ2) is 6.06. The van der Waals surface area contributed by atoms with Gasteiger partial charge in [0.25, 0.3) is 5.91 Å². The molecule has 1 unspecified atom stereocenters. The van der Waals surface area contributed by atoms with Crippen LogP contribution < -0.4 is 5.73 Å². The van der Waals surface area contributed by atoms with Gasteiger partial charge in [-0.25, -0.2) is 0 Å². The van der Waals surface area contributed by atoms with E-state index in [1.165, 1.54) is 0 Å². The van der Waals surface area contributed by atoms with Gasteiger partial charge in [-0.1, -0.05) is 12.8 Å². The fourth-order valence-electron chi connectivity index (χ4n) is 2.61. The molecular formula is C15H22N2O2. The van der Waals surface area contributed by atoms with Crippen molar-refractivity contribution in [1.29, 1.82) is 0 Å². The van der Waals surface area contributed by atoms with Crippen molar-refractivity contribution in [2.75, 3.05) is 18.9 Å². The summed E-state index contributed by atoms with van der Waals surface area (Å²) < 4.78 is 0. The Labute approximate surface area is 114 Å². The molecule has 0 bridgehead atoms. The number of carbonyl (C=O) groups is 1. The summed E-state index contributed by atoms with van der Waals surface area (Å²) in [5.41, 5.74) is 8.06. The van der Waals surface area contributed by atoms with Crippen molar-refractivity contribution >= 4 is 11.6 Å². The largest absolute Gasteiger partial charge is 0.399 e. The van der Waals surface area contributed by atoms with Crippen LogP contribution in [-0.2, 0) is 0 Å². The zero-order chi connectivity index (χ0) is 13.8. The van der Waals surface area contributed by atoms with Crippen molar-refractivity contribution in [2.45, 2.75) is 38.6 Å². The molecule has 19 heavy (non-hydrogen) atoms. The van der Waals surface area contributed by atoms with Crippen LogP contribution in [0.4, 0.5) is 5.69 Å². The summed E-state index contributed by atoms with van der Waals surface area (Å²) in [6.45, 7) is 2.67. The maximum absolute atomic E-state index is 12.6. The van der Waals surface area contributed by atoms with Gasteiger partial charge in [0, 0.05) is 17.8 Å². The topological polar surface area (TPSA) is 66.6 Å². The van der Waals surface area contributed by atoms with Crippen molar-refractivity contribution in [3.8, 4) is 0 Å². The Morgan fingerprint density at radius 3 is 2.89 bits per heavy atom. The Bertz CT molecular complexity index is 459. The lowest BCUT2D eigenvalue weighted by molar-refractivity contribution is 0.0600. The fraction of sp³-hybridized carbons (Fsp3) is 0.533. The fourth-order valence-corrected chi connectivity index (χ4v) is 2.61. The van der Waals surface area contributed by atoms with Gasteiger partial charge < -0.3 is 15.7 Å². The first-order valence-electron chi connectivity index (χ1n) is 6.91. The van der Waals surface area contributed by atoms with Crippen LogP contribution in [0.2, 0.25) is 0 Å². The molecule has 3 N–H and O–H groups in total. The van der Waals surface area contributed by atoms with E-state index in [-0.39, 0.29) is 18.6 Å². The molecule has 0 spiro atoms. The third-order valence-corrected chi connectivity index (χ3v) is 3.87. The Kier molecular flexibility index (Phi) is 4.43.